The van der Waals surface area contributed by atoms with Crippen molar-refractivity contribution < 1.29 is 19.1 Å². The Labute approximate surface area is 138 Å². The van der Waals surface area contributed by atoms with E-state index in [2.05, 4.69) is 16.0 Å². The van der Waals surface area contributed by atoms with Crippen molar-refractivity contribution in [3.05, 3.63) is 65.7 Å². The van der Waals surface area contributed by atoms with Crippen LogP contribution in [0.5, 0.6) is 0 Å². The first-order valence-corrected chi connectivity index (χ1v) is 7.31. The van der Waals surface area contributed by atoms with Crippen LogP contribution in [-0.4, -0.2) is 18.0 Å². The zero-order valence-corrected chi connectivity index (χ0v) is 12.6. The molecule has 1 fully saturated rings. The molecule has 122 valence electrons. The highest BCUT2D eigenvalue weighted by molar-refractivity contribution is 6.04. The van der Waals surface area contributed by atoms with Gasteiger partial charge in [0.2, 0.25) is 0 Å². The van der Waals surface area contributed by atoms with Crippen molar-refractivity contribution in [1.82, 2.24) is 10.6 Å². The molecule has 24 heavy (non-hydrogen) atoms. The number of amides is 4. The summed E-state index contributed by atoms with van der Waals surface area (Å²) in [6, 6.07) is 14.7. The largest absolute Gasteiger partial charge is 0.444 e. The van der Waals surface area contributed by atoms with E-state index in [1.165, 1.54) is 0 Å². The summed E-state index contributed by atoms with van der Waals surface area (Å²) in [6.45, 7) is 0.160. The fraction of sp³-hybridized carbons (Fsp3) is 0.118. The number of anilines is 1. The van der Waals surface area contributed by atoms with Gasteiger partial charge in [0.05, 0.1) is 0 Å². The van der Waals surface area contributed by atoms with E-state index in [1.54, 1.807) is 24.3 Å². The van der Waals surface area contributed by atoms with Gasteiger partial charge in [0.25, 0.3) is 5.91 Å². The molecule has 2 aromatic carbocycles. The summed E-state index contributed by atoms with van der Waals surface area (Å²) < 4.78 is 5.14. The molecule has 3 N–H and O–H groups in total. The van der Waals surface area contributed by atoms with Gasteiger partial charge < -0.3 is 10.1 Å². The minimum atomic E-state index is -0.764. The third kappa shape index (κ3) is 3.70. The summed E-state index contributed by atoms with van der Waals surface area (Å²) in [5.41, 5.74) is 1.92. The van der Waals surface area contributed by atoms with Gasteiger partial charge in [0.15, 0.2) is 0 Å². The first kappa shape index (κ1) is 15.5. The second-order valence-corrected chi connectivity index (χ2v) is 5.21. The number of carbonyl (C=O) groups excluding carboxylic acids is 3. The predicted octanol–water partition coefficient (Wildman–Crippen LogP) is 2.32. The van der Waals surface area contributed by atoms with Crippen LogP contribution in [0.1, 0.15) is 17.2 Å². The smallest absolute Gasteiger partial charge is 0.411 e. The van der Waals surface area contributed by atoms with E-state index in [1.807, 2.05) is 30.3 Å². The molecule has 0 bridgehead atoms. The Kier molecular flexibility index (Phi) is 4.42. The highest BCUT2D eigenvalue weighted by Gasteiger charge is 2.30. The Bertz CT molecular complexity index is 776. The van der Waals surface area contributed by atoms with Crippen LogP contribution in [0.15, 0.2) is 54.6 Å². The topological polar surface area (TPSA) is 96.5 Å². The van der Waals surface area contributed by atoms with Crippen LogP contribution in [0.2, 0.25) is 0 Å². The minimum absolute atomic E-state index is 0.160. The van der Waals surface area contributed by atoms with Crippen LogP contribution in [0.3, 0.4) is 0 Å². The lowest BCUT2D eigenvalue weighted by molar-refractivity contribution is -0.120. The average Bonchev–Trinajstić information content (AvgIpc) is 2.93. The van der Waals surface area contributed by atoms with E-state index < -0.39 is 24.1 Å². The van der Waals surface area contributed by atoms with Crippen LogP contribution < -0.4 is 16.0 Å². The molecular formula is C17H15N3O4. The number of rotatable bonds is 4. The standard InChI is InChI=1S/C17H15N3O4/c21-15-14(19-16(22)20-15)12-7-4-8-13(9-12)18-17(23)24-10-11-5-2-1-3-6-11/h1-9,14H,10H2,(H,18,23)(H2,19,20,21,22). The monoisotopic (exact) mass is 325 g/mol. The minimum Gasteiger partial charge on any atom is -0.444 e. The van der Waals surface area contributed by atoms with Gasteiger partial charge in [0.1, 0.15) is 12.6 Å². The van der Waals surface area contributed by atoms with E-state index >= 15 is 0 Å². The molecular weight excluding hydrogens is 310 g/mol. The number of hydrogen-bond donors (Lipinski definition) is 3. The molecule has 7 nitrogen and oxygen atoms in total. The van der Waals surface area contributed by atoms with E-state index in [0.29, 0.717) is 11.3 Å². The molecule has 1 atom stereocenters. The molecule has 1 aliphatic heterocycles. The maximum absolute atomic E-state index is 11.9. The average molecular weight is 325 g/mol. The van der Waals surface area contributed by atoms with Crippen LogP contribution in [-0.2, 0) is 16.1 Å². The van der Waals surface area contributed by atoms with E-state index in [9.17, 15) is 14.4 Å². The van der Waals surface area contributed by atoms with Gasteiger partial charge in [-0.3, -0.25) is 15.4 Å². The third-order valence-corrected chi connectivity index (χ3v) is 3.45. The highest BCUT2D eigenvalue weighted by Crippen LogP contribution is 2.20. The summed E-state index contributed by atoms with van der Waals surface area (Å²) in [5.74, 6) is -0.427. The maximum atomic E-state index is 11.9. The zero-order chi connectivity index (χ0) is 16.9. The Balaban J connectivity index is 1.61. The number of urea groups is 1. The quantitative estimate of drug-likeness (QED) is 0.752. The van der Waals surface area contributed by atoms with Gasteiger partial charge >= 0.3 is 12.1 Å². The second-order valence-electron chi connectivity index (χ2n) is 5.21. The molecule has 3 rings (SSSR count). The molecule has 1 unspecified atom stereocenters. The van der Waals surface area contributed by atoms with Gasteiger partial charge in [-0.15, -0.1) is 0 Å². The van der Waals surface area contributed by atoms with Gasteiger partial charge in [-0.1, -0.05) is 42.5 Å². The number of hydrogen-bond acceptors (Lipinski definition) is 4. The van der Waals surface area contributed by atoms with Crippen LogP contribution in [0.25, 0.3) is 0 Å². The molecule has 2 aromatic rings. The van der Waals surface area contributed by atoms with Crippen LogP contribution in [0.4, 0.5) is 15.3 Å². The van der Waals surface area contributed by atoms with Crippen molar-refractivity contribution >= 4 is 23.7 Å². The number of carbonyl (C=O) groups is 3. The fourth-order valence-corrected chi connectivity index (χ4v) is 2.32. The molecule has 7 heteroatoms. The first-order chi connectivity index (χ1) is 11.6. The lowest BCUT2D eigenvalue weighted by Gasteiger charge is -2.11. The van der Waals surface area contributed by atoms with E-state index in [-0.39, 0.29) is 6.61 Å². The van der Waals surface area contributed by atoms with Gasteiger partial charge in [0, 0.05) is 5.69 Å². The summed E-state index contributed by atoms with van der Waals surface area (Å²) in [4.78, 5) is 34.7. The van der Waals surface area contributed by atoms with Crippen molar-refractivity contribution in [1.29, 1.82) is 0 Å². The third-order valence-electron chi connectivity index (χ3n) is 3.45. The Morgan fingerprint density at radius 1 is 1.08 bits per heavy atom. The molecule has 1 saturated heterocycles. The highest BCUT2D eigenvalue weighted by atomic mass is 16.5. The molecule has 4 amide bonds. The molecule has 1 heterocycles. The van der Waals surface area contributed by atoms with E-state index in [4.69, 9.17) is 4.74 Å². The predicted molar refractivity (Wildman–Crippen MR) is 86.1 cm³/mol. The zero-order valence-electron chi connectivity index (χ0n) is 12.6. The number of nitrogens with one attached hydrogen (secondary N) is 3. The van der Waals surface area contributed by atoms with Gasteiger partial charge in [-0.05, 0) is 23.3 Å². The molecule has 0 saturated carbocycles. The molecule has 1 aliphatic rings. The second kappa shape index (κ2) is 6.82. The summed E-state index contributed by atoms with van der Waals surface area (Å²) in [5, 5.41) is 7.26. The SMILES string of the molecule is O=C1NC(=O)C(c2cccc(NC(=O)OCc3ccccc3)c2)N1. The Morgan fingerprint density at radius 2 is 1.88 bits per heavy atom. The maximum Gasteiger partial charge on any atom is 0.411 e. The molecule has 0 radical (unpaired) electrons. The van der Waals surface area contributed by atoms with E-state index in [0.717, 1.165) is 5.56 Å². The first-order valence-electron chi connectivity index (χ1n) is 7.31. The van der Waals surface area contributed by atoms with Crippen molar-refractivity contribution in [3.63, 3.8) is 0 Å². The lowest BCUT2D eigenvalue weighted by atomic mass is 10.1. The fourth-order valence-electron chi connectivity index (χ4n) is 2.32. The van der Waals surface area contributed by atoms with Crippen LogP contribution in [0, 0.1) is 0 Å². The normalized spacial score (nSPS) is 16.2. The van der Waals surface area contributed by atoms with Crippen LogP contribution >= 0.6 is 0 Å². The number of imide groups is 1. The molecule has 0 aromatic heterocycles. The van der Waals surface area contributed by atoms with Crippen molar-refractivity contribution in [2.24, 2.45) is 0 Å². The van der Waals surface area contributed by atoms with Gasteiger partial charge in [-0.25, -0.2) is 9.59 Å². The Hall–Kier alpha value is -3.35. The Morgan fingerprint density at radius 3 is 2.58 bits per heavy atom. The van der Waals surface area contributed by atoms with Crippen molar-refractivity contribution in [2.45, 2.75) is 12.6 Å². The number of ether oxygens (including phenoxy) is 1. The summed E-state index contributed by atoms with van der Waals surface area (Å²) in [6.07, 6.45) is -0.601. The number of benzene rings is 2. The molecule has 0 spiro atoms. The molecule has 0 aliphatic carbocycles. The van der Waals surface area contributed by atoms with Gasteiger partial charge in [-0.2, -0.15) is 0 Å². The summed E-state index contributed by atoms with van der Waals surface area (Å²) >= 11 is 0. The lowest BCUT2D eigenvalue weighted by Crippen LogP contribution is -2.22. The summed E-state index contributed by atoms with van der Waals surface area (Å²) in [7, 11) is 0. The van der Waals surface area contributed by atoms with Crippen molar-refractivity contribution in [2.75, 3.05) is 5.32 Å². The van der Waals surface area contributed by atoms with Crippen molar-refractivity contribution in [3.8, 4) is 0 Å².